The fraction of sp³-hybridized carbons (Fsp3) is 0.875. The molecule has 0 aliphatic carbocycles. The van der Waals surface area contributed by atoms with Gasteiger partial charge in [-0.3, -0.25) is 4.79 Å². The van der Waals surface area contributed by atoms with Gasteiger partial charge in [0, 0.05) is 26.7 Å². The Morgan fingerprint density at radius 1 is 1.62 bits per heavy atom. The van der Waals surface area contributed by atoms with Gasteiger partial charge in [0.25, 0.3) is 0 Å². The number of carboxylic acids is 1. The molecule has 0 radical (unpaired) electrons. The minimum absolute atomic E-state index is 0.169. The van der Waals surface area contributed by atoms with Crippen molar-refractivity contribution in [1.29, 1.82) is 0 Å². The molecule has 1 fully saturated rings. The first kappa shape index (κ1) is 13.4. The quantitative estimate of drug-likeness (QED) is 0.607. The molecule has 16 heavy (non-hydrogen) atoms. The molecule has 94 valence electrons. The number of likely N-dealkylation sites (N-methyl/N-ethyl adjacent to an activating group) is 1. The first-order chi connectivity index (χ1) is 7.42. The monoisotopic (exact) mass is 252 g/mol. The largest absolute Gasteiger partial charge is 0.480 e. The van der Waals surface area contributed by atoms with E-state index >= 15 is 0 Å². The van der Waals surface area contributed by atoms with Crippen molar-refractivity contribution >= 4 is 16.0 Å². The number of hydrogen-bond acceptors (Lipinski definition) is 5. The zero-order valence-corrected chi connectivity index (χ0v) is 9.87. The van der Waals surface area contributed by atoms with Crippen molar-refractivity contribution in [3.05, 3.63) is 0 Å². The fourth-order valence-corrected chi connectivity index (χ4v) is 2.33. The SMILES string of the molecule is CN(CC1CNCCO1)S(=O)(=O)CC(=O)O. The van der Waals surface area contributed by atoms with Crippen LogP contribution in [0, 0.1) is 0 Å². The number of hydrogen-bond donors (Lipinski definition) is 2. The van der Waals surface area contributed by atoms with Crippen LogP contribution in [0.1, 0.15) is 0 Å². The van der Waals surface area contributed by atoms with Crippen LogP contribution in [0.3, 0.4) is 0 Å². The van der Waals surface area contributed by atoms with Crippen molar-refractivity contribution in [3.63, 3.8) is 0 Å². The van der Waals surface area contributed by atoms with Crippen LogP contribution in [0.25, 0.3) is 0 Å². The molecule has 0 saturated carbocycles. The van der Waals surface area contributed by atoms with Crippen LogP contribution in [0.15, 0.2) is 0 Å². The van der Waals surface area contributed by atoms with Crippen LogP contribution in [0.5, 0.6) is 0 Å². The number of aliphatic carboxylic acids is 1. The lowest BCUT2D eigenvalue weighted by atomic mass is 10.3. The highest BCUT2D eigenvalue weighted by Gasteiger charge is 2.25. The van der Waals surface area contributed by atoms with E-state index in [1.54, 1.807) is 0 Å². The van der Waals surface area contributed by atoms with E-state index in [1.165, 1.54) is 7.05 Å². The van der Waals surface area contributed by atoms with Crippen molar-refractivity contribution in [2.45, 2.75) is 6.10 Å². The van der Waals surface area contributed by atoms with E-state index in [2.05, 4.69) is 5.32 Å². The normalized spacial score (nSPS) is 22.2. The third kappa shape index (κ3) is 4.05. The van der Waals surface area contributed by atoms with Gasteiger partial charge < -0.3 is 15.2 Å². The van der Waals surface area contributed by atoms with Crippen molar-refractivity contribution in [3.8, 4) is 0 Å². The van der Waals surface area contributed by atoms with Crippen molar-refractivity contribution in [2.75, 3.05) is 39.0 Å². The zero-order chi connectivity index (χ0) is 12.2. The minimum Gasteiger partial charge on any atom is -0.480 e. The molecule has 0 spiro atoms. The predicted molar refractivity (Wildman–Crippen MR) is 56.7 cm³/mol. The maximum atomic E-state index is 11.5. The van der Waals surface area contributed by atoms with Gasteiger partial charge >= 0.3 is 5.97 Å². The number of ether oxygens (including phenoxy) is 1. The van der Waals surface area contributed by atoms with E-state index in [0.717, 1.165) is 10.8 Å². The second-order valence-electron chi connectivity index (χ2n) is 3.63. The summed E-state index contributed by atoms with van der Waals surface area (Å²) in [4.78, 5) is 10.4. The van der Waals surface area contributed by atoms with Crippen LogP contribution in [0.2, 0.25) is 0 Å². The smallest absolute Gasteiger partial charge is 0.320 e. The van der Waals surface area contributed by atoms with E-state index in [9.17, 15) is 13.2 Å². The Labute approximate surface area is 94.4 Å². The number of carboxylic acid groups (broad SMARTS) is 1. The molecule has 1 aliphatic heterocycles. The number of nitrogens with zero attached hydrogens (tertiary/aromatic N) is 1. The van der Waals surface area contributed by atoms with Gasteiger partial charge in [-0.2, -0.15) is 0 Å². The third-order valence-corrected chi connectivity index (χ3v) is 3.96. The third-order valence-electron chi connectivity index (χ3n) is 2.25. The van der Waals surface area contributed by atoms with Gasteiger partial charge in [0.05, 0.1) is 12.7 Å². The number of carbonyl (C=O) groups is 1. The Balaban J connectivity index is 2.49. The second kappa shape index (κ2) is 5.58. The van der Waals surface area contributed by atoms with E-state index in [1.807, 2.05) is 0 Å². The molecule has 7 nitrogen and oxygen atoms in total. The summed E-state index contributed by atoms with van der Waals surface area (Å²) in [6, 6.07) is 0. The van der Waals surface area contributed by atoms with Crippen molar-refractivity contribution in [1.82, 2.24) is 9.62 Å². The van der Waals surface area contributed by atoms with Crippen LogP contribution in [0.4, 0.5) is 0 Å². The highest BCUT2D eigenvalue weighted by molar-refractivity contribution is 7.89. The molecule has 1 unspecified atom stereocenters. The molecule has 1 saturated heterocycles. The lowest BCUT2D eigenvalue weighted by Gasteiger charge is -2.27. The van der Waals surface area contributed by atoms with Gasteiger partial charge in [-0.05, 0) is 0 Å². The summed E-state index contributed by atoms with van der Waals surface area (Å²) in [6.45, 7) is 2.04. The number of nitrogens with one attached hydrogen (secondary N) is 1. The average molecular weight is 252 g/mol. The maximum absolute atomic E-state index is 11.5. The topological polar surface area (TPSA) is 95.9 Å². The van der Waals surface area contributed by atoms with Gasteiger partial charge in [0.1, 0.15) is 0 Å². The Morgan fingerprint density at radius 2 is 2.31 bits per heavy atom. The predicted octanol–water partition coefficient (Wildman–Crippen LogP) is -1.68. The lowest BCUT2D eigenvalue weighted by molar-refractivity contribution is -0.134. The highest BCUT2D eigenvalue weighted by Crippen LogP contribution is 2.04. The first-order valence-corrected chi connectivity index (χ1v) is 6.51. The van der Waals surface area contributed by atoms with Crippen LogP contribution in [-0.4, -0.2) is 68.9 Å². The maximum Gasteiger partial charge on any atom is 0.320 e. The van der Waals surface area contributed by atoms with E-state index < -0.39 is 21.7 Å². The summed E-state index contributed by atoms with van der Waals surface area (Å²) >= 11 is 0. The Bertz CT molecular complexity index is 336. The molecule has 1 aliphatic rings. The standard InChI is InChI=1S/C8H16N2O5S/c1-10(16(13,14)6-8(11)12)5-7-4-9-2-3-15-7/h7,9H,2-6H2,1H3,(H,11,12). The zero-order valence-electron chi connectivity index (χ0n) is 9.05. The minimum atomic E-state index is -3.73. The van der Waals surface area contributed by atoms with Gasteiger partial charge in [-0.15, -0.1) is 0 Å². The summed E-state index contributed by atoms with van der Waals surface area (Å²) in [6.07, 6.45) is -0.220. The summed E-state index contributed by atoms with van der Waals surface area (Å²) in [5.41, 5.74) is 0. The van der Waals surface area contributed by atoms with Crippen LogP contribution >= 0.6 is 0 Å². The molecular weight excluding hydrogens is 236 g/mol. The Morgan fingerprint density at radius 3 is 2.81 bits per heavy atom. The summed E-state index contributed by atoms with van der Waals surface area (Å²) in [5, 5.41) is 11.5. The number of sulfonamides is 1. The van der Waals surface area contributed by atoms with Gasteiger partial charge in [0.2, 0.25) is 10.0 Å². The second-order valence-corrected chi connectivity index (χ2v) is 5.70. The summed E-state index contributed by atoms with van der Waals surface area (Å²) in [7, 11) is -2.38. The molecule has 0 aromatic rings. The molecular formula is C8H16N2O5S. The van der Waals surface area contributed by atoms with Crippen molar-refractivity contribution in [2.24, 2.45) is 0 Å². The molecule has 1 atom stereocenters. The number of rotatable bonds is 5. The fourth-order valence-electron chi connectivity index (χ4n) is 1.40. The van der Waals surface area contributed by atoms with Crippen LogP contribution in [-0.2, 0) is 19.6 Å². The Kier molecular flexibility index (Phi) is 4.66. The summed E-state index contributed by atoms with van der Waals surface area (Å²) < 4.78 is 29.3. The molecule has 1 rings (SSSR count). The number of morpholine rings is 1. The molecule has 0 aromatic carbocycles. The first-order valence-electron chi connectivity index (χ1n) is 4.90. The Hall–Kier alpha value is -0.700. The summed E-state index contributed by atoms with van der Waals surface area (Å²) in [5.74, 6) is -2.24. The molecule has 8 heteroatoms. The van der Waals surface area contributed by atoms with E-state index in [4.69, 9.17) is 9.84 Å². The molecule has 2 N–H and O–H groups in total. The highest BCUT2D eigenvalue weighted by atomic mass is 32.2. The van der Waals surface area contributed by atoms with E-state index in [0.29, 0.717) is 13.2 Å². The van der Waals surface area contributed by atoms with Gasteiger partial charge in [-0.25, -0.2) is 12.7 Å². The lowest BCUT2D eigenvalue weighted by Crippen LogP contribution is -2.46. The molecule has 1 heterocycles. The van der Waals surface area contributed by atoms with Crippen LogP contribution < -0.4 is 5.32 Å². The van der Waals surface area contributed by atoms with Gasteiger partial charge in [0.15, 0.2) is 5.75 Å². The van der Waals surface area contributed by atoms with Gasteiger partial charge in [-0.1, -0.05) is 0 Å². The average Bonchev–Trinajstić information content (AvgIpc) is 2.17. The van der Waals surface area contributed by atoms with Crippen molar-refractivity contribution < 1.29 is 23.1 Å². The molecule has 0 bridgehead atoms. The molecule has 0 aromatic heterocycles. The molecule has 0 amide bonds. The van der Waals surface area contributed by atoms with E-state index in [-0.39, 0.29) is 12.6 Å².